The van der Waals surface area contributed by atoms with Crippen molar-refractivity contribution >= 4 is 29.2 Å². The van der Waals surface area contributed by atoms with E-state index in [0.717, 1.165) is 29.7 Å². The largest absolute Gasteiger partial charge is 0.449 e. The highest BCUT2D eigenvalue weighted by Crippen LogP contribution is 2.30. The fourth-order valence-corrected chi connectivity index (χ4v) is 2.83. The maximum absolute atomic E-state index is 12.4. The first-order chi connectivity index (χ1) is 13.3. The van der Waals surface area contributed by atoms with Gasteiger partial charge in [0.25, 0.3) is 5.91 Å². The van der Waals surface area contributed by atoms with Crippen molar-refractivity contribution in [2.45, 2.75) is 39.7 Å². The minimum absolute atomic E-state index is 0.0353. The molecule has 0 spiro atoms. The quantitative estimate of drug-likeness (QED) is 0.746. The summed E-state index contributed by atoms with van der Waals surface area (Å²) in [5, 5.41) is 5.61. The van der Waals surface area contributed by atoms with Crippen molar-refractivity contribution in [1.82, 2.24) is 0 Å². The maximum atomic E-state index is 12.4. The minimum Gasteiger partial charge on any atom is -0.449 e. The van der Waals surface area contributed by atoms with Crippen LogP contribution in [0.5, 0.6) is 0 Å². The molecule has 1 fully saturated rings. The van der Waals surface area contributed by atoms with Crippen LogP contribution < -0.4 is 10.6 Å². The summed E-state index contributed by atoms with van der Waals surface area (Å²) in [6, 6.07) is 12.2. The van der Waals surface area contributed by atoms with Crippen LogP contribution in [-0.4, -0.2) is 23.9 Å². The van der Waals surface area contributed by atoms with Crippen molar-refractivity contribution in [2.24, 2.45) is 5.92 Å². The van der Waals surface area contributed by atoms with Crippen LogP contribution in [0.25, 0.3) is 0 Å². The molecule has 1 atom stereocenters. The van der Waals surface area contributed by atoms with E-state index in [1.807, 2.05) is 32.0 Å². The molecule has 2 amide bonds. The van der Waals surface area contributed by atoms with Gasteiger partial charge in [-0.05, 0) is 62.9 Å². The number of carbonyl (C=O) groups excluding carboxylic acids is 3. The smallest absolute Gasteiger partial charge is 0.338 e. The third kappa shape index (κ3) is 4.76. The molecule has 2 aromatic carbocycles. The number of nitrogens with one attached hydrogen (secondary N) is 2. The van der Waals surface area contributed by atoms with E-state index in [4.69, 9.17) is 4.74 Å². The molecule has 0 aliphatic heterocycles. The average molecular weight is 380 g/mol. The van der Waals surface area contributed by atoms with Gasteiger partial charge in [0, 0.05) is 17.3 Å². The predicted octanol–water partition coefficient (Wildman–Crippen LogP) is 3.84. The summed E-state index contributed by atoms with van der Waals surface area (Å²) in [7, 11) is 0. The molecule has 0 saturated heterocycles. The first-order valence-electron chi connectivity index (χ1n) is 9.34. The zero-order chi connectivity index (χ0) is 20.3. The third-order valence-electron chi connectivity index (χ3n) is 4.70. The fourth-order valence-electron chi connectivity index (χ4n) is 2.83. The van der Waals surface area contributed by atoms with Crippen molar-refractivity contribution in [2.75, 3.05) is 10.6 Å². The molecular weight excluding hydrogens is 356 g/mol. The second kappa shape index (κ2) is 8.25. The van der Waals surface area contributed by atoms with E-state index < -0.39 is 18.0 Å². The first kappa shape index (κ1) is 19.6. The monoisotopic (exact) mass is 380 g/mol. The summed E-state index contributed by atoms with van der Waals surface area (Å²) >= 11 is 0. The number of ether oxygens (including phenoxy) is 1. The molecule has 0 aromatic heterocycles. The summed E-state index contributed by atoms with van der Waals surface area (Å²) in [4.78, 5) is 36.7. The number of hydrogen-bond donors (Lipinski definition) is 2. The Morgan fingerprint density at radius 2 is 1.64 bits per heavy atom. The number of anilines is 2. The zero-order valence-electron chi connectivity index (χ0n) is 16.2. The van der Waals surface area contributed by atoms with Gasteiger partial charge < -0.3 is 15.4 Å². The maximum Gasteiger partial charge on any atom is 0.338 e. The Bertz CT molecular complexity index is 898. The van der Waals surface area contributed by atoms with Gasteiger partial charge in [-0.3, -0.25) is 9.59 Å². The Balaban J connectivity index is 1.62. The van der Waals surface area contributed by atoms with Crippen LogP contribution in [0.4, 0.5) is 11.4 Å². The van der Waals surface area contributed by atoms with Crippen molar-refractivity contribution in [3.05, 3.63) is 59.2 Å². The molecular formula is C22H24N2O4. The number of hydrogen-bond acceptors (Lipinski definition) is 4. The molecule has 1 unspecified atom stereocenters. The van der Waals surface area contributed by atoms with Gasteiger partial charge in [0.2, 0.25) is 5.91 Å². The van der Waals surface area contributed by atoms with Crippen molar-refractivity contribution in [1.29, 1.82) is 0 Å². The third-order valence-corrected chi connectivity index (χ3v) is 4.70. The van der Waals surface area contributed by atoms with Crippen LogP contribution in [0.3, 0.4) is 0 Å². The zero-order valence-corrected chi connectivity index (χ0v) is 16.2. The van der Waals surface area contributed by atoms with Gasteiger partial charge in [-0.15, -0.1) is 0 Å². The molecule has 2 aromatic rings. The van der Waals surface area contributed by atoms with Crippen LogP contribution in [0.2, 0.25) is 0 Å². The predicted molar refractivity (Wildman–Crippen MR) is 107 cm³/mol. The second-order valence-corrected chi connectivity index (χ2v) is 7.15. The number of esters is 1. The summed E-state index contributed by atoms with van der Waals surface area (Å²) in [6.07, 6.45) is 0.845. The Hall–Kier alpha value is -3.15. The van der Waals surface area contributed by atoms with Gasteiger partial charge in [-0.1, -0.05) is 24.3 Å². The number of aryl methyl sites for hydroxylation is 2. The van der Waals surface area contributed by atoms with Crippen LogP contribution in [0, 0.1) is 19.8 Å². The van der Waals surface area contributed by atoms with Crippen molar-refractivity contribution in [3.8, 4) is 0 Å². The lowest BCUT2D eigenvalue weighted by Crippen LogP contribution is -2.30. The molecule has 0 bridgehead atoms. The Morgan fingerprint density at radius 3 is 2.29 bits per heavy atom. The highest BCUT2D eigenvalue weighted by molar-refractivity contribution is 5.99. The fraction of sp³-hybridized carbons (Fsp3) is 0.318. The van der Waals surface area contributed by atoms with Crippen LogP contribution >= 0.6 is 0 Å². The highest BCUT2D eigenvalue weighted by atomic mass is 16.5. The topological polar surface area (TPSA) is 84.5 Å². The number of para-hydroxylation sites is 1. The molecule has 0 heterocycles. The molecule has 2 N–H and O–H groups in total. The van der Waals surface area contributed by atoms with Gasteiger partial charge in [0.1, 0.15) is 0 Å². The van der Waals surface area contributed by atoms with Gasteiger partial charge in [0.05, 0.1) is 5.56 Å². The first-order valence-corrected chi connectivity index (χ1v) is 9.34. The summed E-state index contributed by atoms with van der Waals surface area (Å²) in [6.45, 7) is 5.33. The number of benzene rings is 2. The van der Waals surface area contributed by atoms with E-state index in [-0.39, 0.29) is 17.4 Å². The van der Waals surface area contributed by atoms with Crippen LogP contribution in [0.15, 0.2) is 42.5 Å². The molecule has 1 saturated carbocycles. The van der Waals surface area contributed by atoms with Gasteiger partial charge in [-0.25, -0.2) is 4.79 Å². The normalized spacial score (nSPS) is 14.1. The molecule has 28 heavy (non-hydrogen) atoms. The lowest BCUT2D eigenvalue weighted by atomic mass is 10.1. The molecule has 6 nitrogen and oxygen atoms in total. The average Bonchev–Trinajstić information content (AvgIpc) is 3.50. The SMILES string of the molecule is Cc1cccc(C)c1NC(=O)C(C)OC(=O)c1cccc(NC(=O)C2CC2)c1. The van der Waals surface area contributed by atoms with Crippen LogP contribution in [-0.2, 0) is 14.3 Å². The summed E-state index contributed by atoms with van der Waals surface area (Å²) < 4.78 is 5.31. The second-order valence-electron chi connectivity index (χ2n) is 7.15. The van der Waals surface area contributed by atoms with E-state index >= 15 is 0 Å². The Morgan fingerprint density at radius 1 is 1.00 bits per heavy atom. The molecule has 1 aliphatic carbocycles. The lowest BCUT2D eigenvalue weighted by Gasteiger charge is -2.16. The molecule has 1 aliphatic rings. The van der Waals surface area contributed by atoms with Gasteiger partial charge in [0.15, 0.2) is 6.10 Å². The highest BCUT2D eigenvalue weighted by Gasteiger charge is 2.29. The lowest BCUT2D eigenvalue weighted by molar-refractivity contribution is -0.123. The van der Waals surface area contributed by atoms with Crippen molar-refractivity contribution < 1.29 is 19.1 Å². The van der Waals surface area contributed by atoms with Crippen molar-refractivity contribution in [3.63, 3.8) is 0 Å². The number of amides is 2. The van der Waals surface area contributed by atoms with Gasteiger partial charge >= 0.3 is 5.97 Å². The minimum atomic E-state index is -0.962. The van der Waals surface area contributed by atoms with E-state index in [2.05, 4.69) is 10.6 Å². The molecule has 6 heteroatoms. The summed E-state index contributed by atoms with van der Waals surface area (Å²) in [5.74, 6) is -0.980. The molecule has 146 valence electrons. The molecule has 3 rings (SSSR count). The number of rotatable bonds is 6. The standard InChI is InChI=1S/C22H24N2O4/c1-13-6-4-7-14(2)19(13)24-20(25)15(3)28-22(27)17-8-5-9-18(12-17)23-21(26)16-10-11-16/h4-9,12,15-16H,10-11H2,1-3H3,(H,23,26)(H,24,25). The summed E-state index contributed by atoms with van der Waals surface area (Å²) in [5.41, 5.74) is 3.41. The van der Waals surface area contributed by atoms with E-state index in [1.54, 1.807) is 24.3 Å². The van der Waals surface area contributed by atoms with E-state index in [9.17, 15) is 14.4 Å². The van der Waals surface area contributed by atoms with E-state index in [0.29, 0.717) is 5.69 Å². The molecule has 0 radical (unpaired) electrons. The Labute approximate surface area is 164 Å². The van der Waals surface area contributed by atoms with E-state index in [1.165, 1.54) is 6.92 Å². The Kier molecular flexibility index (Phi) is 5.78. The number of carbonyl (C=O) groups is 3. The van der Waals surface area contributed by atoms with Crippen LogP contribution in [0.1, 0.15) is 41.3 Å². The van der Waals surface area contributed by atoms with Gasteiger partial charge in [-0.2, -0.15) is 0 Å².